The molecule has 3 nitrogen and oxygen atoms in total. The van der Waals surface area contributed by atoms with E-state index in [4.69, 9.17) is 0 Å². The van der Waals surface area contributed by atoms with E-state index >= 15 is 0 Å². The first-order valence-electron chi connectivity index (χ1n) is 5.61. The van der Waals surface area contributed by atoms with E-state index in [-0.39, 0.29) is 5.91 Å². The van der Waals surface area contributed by atoms with Gasteiger partial charge in [0.15, 0.2) is 0 Å². The second-order valence-electron chi connectivity index (χ2n) is 4.02. The van der Waals surface area contributed by atoms with Gasteiger partial charge in [-0.1, -0.05) is 22.0 Å². The number of carbonyl (C=O) groups is 1. The molecule has 1 aromatic rings. The van der Waals surface area contributed by atoms with Gasteiger partial charge in [0.05, 0.1) is 0 Å². The summed E-state index contributed by atoms with van der Waals surface area (Å²) in [7, 11) is 0. The summed E-state index contributed by atoms with van der Waals surface area (Å²) in [6, 6.07) is 5.79. The predicted octanol–water partition coefficient (Wildman–Crippen LogP) is 2.47. The Balaban J connectivity index is 2.14. The quantitative estimate of drug-likeness (QED) is 0.781. The molecule has 1 aliphatic rings. The van der Waals surface area contributed by atoms with E-state index in [9.17, 15) is 4.79 Å². The van der Waals surface area contributed by atoms with Crippen molar-refractivity contribution in [3.05, 3.63) is 30.1 Å². The zero-order valence-electron chi connectivity index (χ0n) is 9.10. The topological polar surface area (TPSA) is 33.2 Å². The maximum Gasteiger partial charge on any atom is 0.272 e. The summed E-state index contributed by atoms with van der Waals surface area (Å²) in [5.74, 6) is 0.0600. The minimum Gasteiger partial charge on any atom is -0.333 e. The van der Waals surface area contributed by atoms with Gasteiger partial charge in [-0.2, -0.15) is 0 Å². The Morgan fingerprint density at radius 3 is 3.06 bits per heavy atom. The molecule has 1 aliphatic heterocycles. The summed E-state index contributed by atoms with van der Waals surface area (Å²) >= 11 is 3.48. The Morgan fingerprint density at radius 1 is 1.50 bits per heavy atom. The first-order chi connectivity index (χ1) is 7.83. The van der Waals surface area contributed by atoms with Crippen LogP contribution in [0.25, 0.3) is 0 Å². The molecule has 0 bridgehead atoms. The second kappa shape index (κ2) is 5.43. The Morgan fingerprint density at radius 2 is 2.38 bits per heavy atom. The average Bonchev–Trinajstić information content (AvgIpc) is 2.39. The van der Waals surface area contributed by atoms with Gasteiger partial charge in [0.25, 0.3) is 5.91 Å². The molecule has 1 fully saturated rings. The number of hydrogen-bond acceptors (Lipinski definition) is 2. The Bertz CT molecular complexity index is 355. The summed E-state index contributed by atoms with van der Waals surface area (Å²) in [6.07, 6.45) is 5.06. The number of rotatable bonds is 2. The lowest BCUT2D eigenvalue weighted by atomic mass is 10.0. The maximum atomic E-state index is 12.2. The van der Waals surface area contributed by atoms with Crippen molar-refractivity contribution in [1.82, 2.24) is 9.88 Å². The summed E-state index contributed by atoms with van der Waals surface area (Å²) < 4.78 is 0. The van der Waals surface area contributed by atoms with Crippen molar-refractivity contribution in [3.63, 3.8) is 0 Å². The molecule has 0 spiro atoms. The summed E-state index contributed by atoms with van der Waals surface area (Å²) in [4.78, 5) is 18.3. The molecular formula is C12H15BrN2O. The van der Waals surface area contributed by atoms with Crippen molar-refractivity contribution >= 4 is 21.8 Å². The third-order valence-corrected chi connectivity index (χ3v) is 3.70. The minimum atomic E-state index is 0.0600. The van der Waals surface area contributed by atoms with Crippen LogP contribution in [0, 0.1) is 0 Å². The van der Waals surface area contributed by atoms with E-state index in [1.807, 2.05) is 17.0 Å². The van der Waals surface area contributed by atoms with E-state index < -0.39 is 0 Å². The molecule has 1 aromatic heterocycles. The van der Waals surface area contributed by atoms with Gasteiger partial charge in [-0.25, -0.2) is 0 Å². The van der Waals surface area contributed by atoms with Crippen molar-refractivity contribution in [2.45, 2.75) is 25.3 Å². The Labute approximate surface area is 104 Å². The lowest BCUT2D eigenvalue weighted by Crippen LogP contribution is -2.44. The van der Waals surface area contributed by atoms with E-state index in [0.29, 0.717) is 11.7 Å². The van der Waals surface area contributed by atoms with Crippen molar-refractivity contribution in [2.75, 3.05) is 11.9 Å². The van der Waals surface area contributed by atoms with Crippen LogP contribution in [-0.4, -0.2) is 33.7 Å². The molecule has 86 valence electrons. The largest absolute Gasteiger partial charge is 0.333 e. The first-order valence-corrected chi connectivity index (χ1v) is 6.73. The molecule has 0 saturated carbocycles. The number of nitrogens with zero attached hydrogens (tertiary/aromatic N) is 2. The van der Waals surface area contributed by atoms with Crippen molar-refractivity contribution in [1.29, 1.82) is 0 Å². The van der Waals surface area contributed by atoms with E-state index in [0.717, 1.165) is 24.7 Å². The number of aromatic nitrogens is 1. The number of amides is 1. The monoisotopic (exact) mass is 282 g/mol. The number of carbonyl (C=O) groups excluding carboxylic acids is 1. The third-order valence-electron chi connectivity index (χ3n) is 2.95. The highest BCUT2D eigenvalue weighted by Gasteiger charge is 2.26. The van der Waals surface area contributed by atoms with Gasteiger partial charge in [0.2, 0.25) is 0 Å². The van der Waals surface area contributed by atoms with Gasteiger partial charge >= 0.3 is 0 Å². The highest BCUT2D eigenvalue weighted by Crippen LogP contribution is 2.20. The number of hydrogen-bond donors (Lipinski definition) is 0. The lowest BCUT2D eigenvalue weighted by Gasteiger charge is -2.34. The van der Waals surface area contributed by atoms with Crippen LogP contribution < -0.4 is 0 Å². The fraction of sp³-hybridized carbons (Fsp3) is 0.500. The lowest BCUT2D eigenvalue weighted by molar-refractivity contribution is 0.0636. The van der Waals surface area contributed by atoms with Crippen LogP contribution in [0.2, 0.25) is 0 Å². The SMILES string of the molecule is O=C(c1ccccn1)N1CCCCC1CBr. The summed E-state index contributed by atoms with van der Waals surface area (Å²) in [6.45, 7) is 0.853. The molecule has 0 aliphatic carbocycles. The van der Waals surface area contributed by atoms with Gasteiger partial charge in [0, 0.05) is 24.1 Å². The Hall–Kier alpha value is -0.900. The zero-order chi connectivity index (χ0) is 11.4. The molecule has 0 N–H and O–H groups in total. The van der Waals surface area contributed by atoms with Crippen LogP contribution in [-0.2, 0) is 0 Å². The van der Waals surface area contributed by atoms with Gasteiger partial charge in [-0.3, -0.25) is 9.78 Å². The molecular weight excluding hydrogens is 268 g/mol. The summed E-state index contributed by atoms with van der Waals surface area (Å²) in [5.41, 5.74) is 0.551. The molecule has 4 heteroatoms. The molecule has 16 heavy (non-hydrogen) atoms. The van der Waals surface area contributed by atoms with E-state index in [1.54, 1.807) is 12.3 Å². The van der Waals surface area contributed by atoms with Gasteiger partial charge in [-0.05, 0) is 31.4 Å². The smallest absolute Gasteiger partial charge is 0.272 e. The molecule has 1 amide bonds. The zero-order valence-corrected chi connectivity index (χ0v) is 10.7. The molecule has 1 saturated heterocycles. The normalized spacial score (nSPS) is 20.8. The van der Waals surface area contributed by atoms with E-state index in [2.05, 4.69) is 20.9 Å². The molecule has 2 rings (SSSR count). The van der Waals surface area contributed by atoms with Crippen LogP contribution in [0.15, 0.2) is 24.4 Å². The molecule has 0 aromatic carbocycles. The van der Waals surface area contributed by atoms with E-state index in [1.165, 1.54) is 6.42 Å². The predicted molar refractivity (Wildman–Crippen MR) is 66.7 cm³/mol. The number of alkyl halides is 1. The minimum absolute atomic E-state index is 0.0600. The van der Waals surface area contributed by atoms with Crippen molar-refractivity contribution in [2.24, 2.45) is 0 Å². The highest BCUT2D eigenvalue weighted by molar-refractivity contribution is 9.09. The van der Waals surface area contributed by atoms with Crippen LogP contribution >= 0.6 is 15.9 Å². The number of pyridine rings is 1. The highest BCUT2D eigenvalue weighted by atomic mass is 79.9. The number of piperidine rings is 1. The molecule has 1 unspecified atom stereocenters. The number of halogens is 1. The van der Waals surface area contributed by atoms with Gasteiger partial charge < -0.3 is 4.90 Å². The number of likely N-dealkylation sites (tertiary alicyclic amines) is 1. The summed E-state index contributed by atoms with van der Waals surface area (Å²) in [5, 5.41) is 0.853. The van der Waals surface area contributed by atoms with Crippen LogP contribution in [0.1, 0.15) is 29.8 Å². The maximum absolute atomic E-state index is 12.2. The van der Waals surface area contributed by atoms with Crippen molar-refractivity contribution < 1.29 is 4.79 Å². The average molecular weight is 283 g/mol. The van der Waals surface area contributed by atoms with Gasteiger partial charge in [0.1, 0.15) is 5.69 Å². The second-order valence-corrected chi connectivity index (χ2v) is 4.66. The standard InChI is InChI=1S/C12H15BrN2O/c13-9-10-5-2-4-8-15(10)12(16)11-6-1-3-7-14-11/h1,3,6-7,10H,2,4-5,8-9H2. The Kier molecular flexibility index (Phi) is 3.93. The van der Waals surface area contributed by atoms with Crippen LogP contribution in [0.4, 0.5) is 0 Å². The van der Waals surface area contributed by atoms with Crippen LogP contribution in [0.3, 0.4) is 0 Å². The molecule has 2 heterocycles. The third kappa shape index (κ3) is 2.43. The van der Waals surface area contributed by atoms with Crippen molar-refractivity contribution in [3.8, 4) is 0 Å². The fourth-order valence-electron chi connectivity index (χ4n) is 2.06. The fourth-order valence-corrected chi connectivity index (χ4v) is 2.74. The molecule has 0 radical (unpaired) electrons. The first kappa shape index (κ1) is 11.6. The van der Waals surface area contributed by atoms with Crippen LogP contribution in [0.5, 0.6) is 0 Å². The van der Waals surface area contributed by atoms with Gasteiger partial charge in [-0.15, -0.1) is 0 Å². The molecule has 1 atom stereocenters.